The van der Waals surface area contributed by atoms with Gasteiger partial charge in [0, 0.05) is 23.7 Å². The van der Waals surface area contributed by atoms with Gasteiger partial charge in [0.2, 0.25) is 5.91 Å². The van der Waals surface area contributed by atoms with Crippen LogP contribution in [0, 0.1) is 23.3 Å². The number of aromatic nitrogens is 4. The van der Waals surface area contributed by atoms with Gasteiger partial charge in [-0.15, -0.1) is 0 Å². The summed E-state index contributed by atoms with van der Waals surface area (Å²) in [6.07, 6.45) is 1.29. The molecule has 1 aliphatic rings. The Kier molecular flexibility index (Phi) is 5.46. The molecule has 4 rings (SSSR count). The van der Waals surface area contributed by atoms with E-state index in [0.29, 0.717) is 5.69 Å². The SMILES string of the molecule is O=C(Cn1nc(C2CC2)cc1C(F)F)Nc1cnn(Cc2c(F)cc(F)c(F)c2F)c1. The number of amides is 1. The highest BCUT2D eigenvalue weighted by Crippen LogP contribution is 2.40. The van der Waals surface area contributed by atoms with Crippen molar-refractivity contribution in [1.82, 2.24) is 19.6 Å². The second kappa shape index (κ2) is 8.08. The molecule has 1 aliphatic carbocycles. The van der Waals surface area contributed by atoms with Gasteiger partial charge in [0.1, 0.15) is 18.1 Å². The van der Waals surface area contributed by atoms with Crippen molar-refractivity contribution in [3.05, 3.63) is 64.7 Å². The lowest BCUT2D eigenvalue weighted by Crippen LogP contribution is -2.21. The maximum atomic E-state index is 13.8. The minimum atomic E-state index is -2.79. The van der Waals surface area contributed by atoms with Crippen LogP contribution in [0.2, 0.25) is 0 Å². The zero-order chi connectivity index (χ0) is 22.3. The lowest BCUT2D eigenvalue weighted by molar-refractivity contribution is -0.117. The van der Waals surface area contributed by atoms with Crippen LogP contribution in [-0.4, -0.2) is 25.5 Å². The lowest BCUT2D eigenvalue weighted by atomic mass is 10.2. The molecule has 2 aromatic heterocycles. The zero-order valence-corrected chi connectivity index (χ0v) is 15.8. The molecule has 1 fully saturated rings. The summed E-state index contributed by atoms with van der Waals surface area (Å²) in [5.41, 5.74) is -0.476. The molecular formula is C19H15F6N5O. The van der Waals surface area contributed by atoms with E-state index < -0.39 is 54.3 Å². The number of alkyl halides is 2. The minimum absolute atomic E-state index is 0.113. The average Bonchev–Trinajstić information content (AvgIpc) is 3.33. The number of carbonyl (C=O) groups excluding carboxylic acids is 1. The number of hydrogen-bond acceptors (Lipinski definition) is 3. The maximum absolute atomic E-state index is 13.8. The summed E-state index contributed by atoms with van der Waals surface area (Å²) in [6.45, 7) is -1.03. The van der Waals surface area contributed by atoms with Crippen molar-refractivity contribution >= 4 is 11.6 Å². The standard InChI is InChI=1S/C19H15F6N5O/c20-12-3-13(21)18(23)17(22)11(12)7-29-6-10(5-26-29)27-16(31)8-30-15(19(24)25)4-14(28-30)9-1-2-9/h3-6,9,19H,1-2,7-8H2,(H,27,31). The van der Waals surface area contributed by atoms with Gasteiger partial charge in [-0.25, -0.2) is 26.3 Å². The quantitative estimate of drug-likeness (QED) is 0.339. The molecule has 164 valence electrons. The van der Waals surface area contributed by atoms with E-state index in [2.05, 4.69) is 15.5 Å². The highest BCUT2D eigenvalue weighted by molar-refractivity contribution is 5.90. The molecule has 0 saturated heterocycles. The molecule has 0 spiro atoms. The normalized spacial score (nSPS) is 13.8. The van der Waals surface area contributed by atoms with E-state index in [-0.39, 0.29) is 23.4 Å². The molecule has 31 heavy (non-hydrogen) atoms. The van der Waals surface area contributed by atoms with Crippen LogP contribution >= 0.6 is 0 Å². The molecule has 0 aliphatic heterocycles. The van der Waals surface area contributed by atoms with Crippen LogP contribution in [0.25, 0.3) is 0 Å². The summed E-state index contributed by atoms with van der Waals surface area (Å²) in [7, 11) is 0. The Labute approximate surface area is 171 Å². The van der Waals surface area contributed by atoms with Crippen molar-refractivity contribution < 1.29 is 31.1 Å². The third-order valence-electron chi connectivity index (χ3n) is 4.79. The monoisotopic (exact) mass is 443 g/mol. The Morgan fingerprint density at radius 2 is 1.87 bits per heavy atom. The van der Waals surface area contributed by atoms with Crippen LogP contribution in [0.3, 0.4) is 0 Å². The first-order valence-corrected chi connectivity index (χ1v) is 9.23. The van der Waals surface area contributed by atoms with Crippen molar-refractivity contribution in [2.45, 2.75) is 38.3 Å². The molecular weight excluding hydrogens is 428 g/mol. The van der Waals surface area contributed by atoms with E-state index in [9.17, 15) is 31.1 Å². The Bertz CT molecular complexity index is 1140. The highest BCUT2D eigenvalue weighted by atomic mass is 19.3. The fourth-order valence-electron chi connectivity index (χ4n) is 3.09. The van der Waals surface area contributed by atoms with Gasteiger partial charge in [-0.1, -0.05) is 0 Å². The van der Waals surface area contributed by atoms with Gasteiger partial charge in [0.15, 0.2) is 17.5 Å². The van der Waals surface area contributed by atoms with Crippen LogP contribution in [0.5, 0.6) is 0 Å². The largest absolute Gasteiger partial charge is 0.322 e. The van der Waals surface area contributed by atoms with Crippen LogP contribution < -0.4 is 5.32 Å². The average molecular weight is 443 g/mol. The van der Waals surface area contributed by atoms with Gasteiger partial charge in [0.25, 0.3) is 6.43 Å². The minimum Gasteiger partial charge on any atom is -0.322 e. The predicted octanol–water partition coefficient (Wildman–Crippen LogP) is 4.14. The molecule has 0 atom stereocenters. The molecule has 3 aromatic rings. The number of nitrogens with zero attached hydrogens (tertiary/aromatic N) is 4. The molecule has 6 nitrogen and oxygen atoms in total. The Balaban J connectivity index is 1.44. The van der Waals surface area contributed by atoms with E-state index in [1.807, 2.05) is 0 Å². The highest BCUT2D eigenvalue weighted by Gasteiger charge is 2.29. The van der Waals surface area contributed by atoms with E-state index >= 15 is 0 Å². The topological polar surface area (TPSA) is 64.7 Å². The summed E-state index contributed by atoms with van der Waals surface area (Å²) in [5, 5.41) is 10.3. The number of halogens is 6. The van der Waals surface area contributed by atoms with E-state index in [1.165, 1.54) is 12.3 Å². The molecule has 1 N–H and O–H groups in total. The number of anilines is 1. The first kappa shape index (κ1) is 20.9. The van der Waals surface area contributed by atoms with Crippen LogP contribution in [0.15, 0.2) is 24.5 Å². The molecule has 2 heterocycles. The van der Waals surface area contributed by atoms with E-state index in [1.54, 1.807) is 0 Å². The first-order valence-electron chi connectivity index (χ1n) is 9.23. The Hall–Kier alpha value is -3.31. The molecule has 0 radical (unpaired) electrons. The number of nitrogens with one attached hydrogen (secondary N) is 1. The van der Waals surface area contributed by atoms with Gasteiger partial charge in [-0.05, 0) is 18.9 Å². The Morgan fingerprint density at radius 3 is 2.55 bits per heavy atom. The molecule has 1 amide bonds. The fourth-order valence-corrected chi connectivity index (χ4v) is 3.09. The zero-order valence-electron chi connectivity index (χ0n) is 15.8. The summed E-state index contributed by atoms with van der Waals surface area (Å²) in [6, 6.07) is 1.51. The summed E-state index contributed by atoms with van der Waals surface area (Å²) in [5.74, 6) is -6.96. The van der Waals surface area contributed by atoms with Crippen molar-refractivity contribution in [2.75, 3.05) is 5.32 Å². The van der Waals surface area contributed by atoms with Crippen molar-refractivity contribution in [3.63, 3.8) is 0 Å². The summed E-state index contributed by atoms with van der Waals surface area (Å²) < 4.78 is 82.3. The molecule has 0 bridgehead atoms. The third-order valence-corrected chi connectivity index (χ3v) is 4.79. The fraction of sp³-hybridized carbons (Fsp3) is 0.316. The van der Waals surface area contributed by atoms with Crippen molar-refractivity contribution in [1.29, 1.82) is 0 Å². The van der Waals surface area contributed by atoms with E-state index in [4.69, 9.17) is 0 Å². The van der Waals surface area contributed by atoms with Gasteiger partial charge in [0.05, 0.1) is 24.1 Å². The first-order chi connectivity index (χ1) is 14.7. The number of carbonyl (C=O) groups is 1. The number of hydrogen-bond donors (Lipinski definition) is 1. The summed E-state index contributed by atoms with van der Waals surface area (Å²) in [4.78, 5) is 12.2. The van der Waals surface area contributed by atoms with Gasteiger partial charge >= 0.3 is 0 Å². The van der Waals surface area contributed by atoms with Crippen LogP contribution in [0.1, 0.15) is 42.1 Å². The molecule has 0 unspecified atom stereocenters. The smallest absolute Gasteiger partial charge is 0.280 e. The van der Waals surface area contributed by atoms with Crippen LogP contribution in [0.4, 0.5) is 32.0 Å². The molecule has 1 saturated carbocycles. The molecule has 12 heteroatoms. The second-order valence-corrected chi connectivity index (χ2v) is 7.15. The lowest BCUT2D eigenvalue weighted by Gasteiger charge is -2.07. The third kappa shape index (κ3) is 4.42. The summed E-state index contributed by atoms with van der Waals surface area (Å²) >= 11 is 0. The van der Waals surface area contributed by atoms with E-state index in [0.717, 1.165) is 28.4 Å². The van der Waals surface area contributed by atoms with Crippen molar-refractivity contribution in [3.8, 4) is 0 Å². The van der Waals surface area contributed by atoms with Crippen LogP contribution in [-0.2, 0) is 17.9 Å². The predicted molar refractivity (Wildman–Crippen MR) is 95.4 cm³/mol. The number of rotatable bonds is 7. The van der Waals surface area contributed by atoms with Gasteiger partial charge in [-0.2, -0.15) is 10.2 Å². The maximum Gasteiger partial charge on any atom is 0.280 e. The number of benzene rings is 1. The van der Waals surface area contributed by atoms with Gasteiger partial charge < -0.3 is 5.32 Å². The Morgan fingerprint density at radius 1 is 1.13 bits per heavy atom. The van der Waals surface area contributed by atoms with Crippen molar-refractivity contribution in [2.24, 2.45) is 0 Å². The second-order valence-electron chi connectivity index (χ2n) is 7.15. The molecule has 1 aromatic carbocycles. The van der Waals surface area contributed by atoms with Gasteiger partial charge in [-0.3, -0.25) is 14.2 Å².